The summed E-state index contributed by atoms with van der Waals surface area (Å²) in [6.45, 7) is 1.86. The van der Waals surface area contributed by atoms with Crippen LogP contribution in [-0.2, 0) is 4.79 Å². The summed E-state index contributed by atoms with van der Waals surface area (Å²) in [4.78, 5) is 18.1. The predicted molar refractivity (Wildman–Crippen MR) is 131 cm³/mol. The number of rotatable bonds is 4. The van der Waals surface area contributed by atoms with Crippen LogP contribution < -0.4 is 10.6 Å². The van der Waals surface area contributed by atoms with Gasteiger partial charge in [-0.05, 0) is 48.9 Å². The number of carbonyl (C=O) groups excluding carboxylic acids is 1. The van der Waals surface area contributed by atoms with E-state index in [0.717, 1.165) is 11.1 Å². The number of anilines is 2. The van der Waals surface area contributed by atoms with Crippen molar-refractivity contribution in [2.75, 3.05) is 10.6 Å². The summed E-state index contributed by atoms with van der Waals surface area (Å²) in [5.74, 6) is 0.826. The zero-order valence-corrected chi connectivity index (χ0v) is 19.1. The highest BCUT2D eigenvalue weighted by Gasteiger charge is 2.34. The Morgan fingerprint density at radius 1 is 0.970 bits per heavy atom. The molecule has 6 nitrogen and oxygen atoms in total. The first-order valence-electron chi connectivity index (χ1n) is 10.3. The number of halogens is 2. The molecule has 2 N–H and O–H groups in total. The maximum Gasteiger partial charge on any atom is 0.255 e. The van der Waals surface area contributed by atoms with Gasteiger partial charge in [-0.3, -0.25) is 4.79 Å². The maximum atomic E-state index is 13.4. The largest absolute Gasteiger partial charge is 0.328 e. The molecule has 1 unspecified atom stereocenters. The van der Waals surface area contributed by atoms with Crippen LogP contribution in [0.5, 0.6) is 0 Å². The second-order valence-electron chi connectivity index (χ2n) is 7.65. The number of nitrogens with zero attached hydrogens (tertiary/aromatic N) is 3. The summed E-state index contributed by atoms with van der Waals surface area (Å²) in [5.41, 5.74) is 3.59. The first-order chi connectivity index (χ1) is 16.0. The summed E-state index contributed by atoms with van der Waals surface area (Å²) in [6.07, 6.45) is 0. The van der Waals surface area contributed by atoms with Crippen molar-refractivity contribution in [3.63, 3.8) is 0 Å². The molecule has 1 aromatic heterocycles. The first-order valence-corrected chi connectivity index (χ1v) is 11.1. The number of para-hydroxylation sites is 1. The lowest BCUT2D eigenvalue weighted by atomic mass is 9.95. The van der Waals surface area contributed by atoms with E-state index < -0.39 is 6.04 Å². The second kappa shape index (κ2) is 8.73. The standard InChI is InChI=1S/C25H19Cl2N5O/c1-15-21(24(33)29-20-8-3-2-4-9-20)22(16-10-12-18(26)13-11-16)32-25(28-15)30-23(31-32)17-6-5-7-19(27)14-17/h2-14,22H,1H3,(H,29,33)(H,28,30,31). The average molecular weight is 476 g/mol. The highest BCUT2D eigenvalue weighted by molar-refractivity contribution is 6.31. The fourth-order valence-electron chi connectivity index (χ4n) is 3.87. The van der Waals surface area contributed by atoms with Gasteiger partial charge in [-0.2, -0.15) is 4.98 Å². The van der Waals surface area contributed by atoms with Gasteiger partial charge < -0.3 is 10.6 Å². The fraction of sp³-hybridized carbons (Fsp3) is 0.0800. The number of hydrogen-bond acceptors (Lipinski definition) is 4. The number of aromatic nitrogens is 3. The van der Waals surface area contributed by atoms with Gasteiger partial charge in [0.05, 0.1) is 5.57 Å². The molecular formula is C25H19Cl2N5O. The Balaban J connectivity index is 1.61. The molecule has 33 heavy (non-hydrogen) atoms. The SMILES string of the molecule is CC1=C(C(=O)Nc2ccccc2)C(c2ccc(Cl)cc2)n2nc(-c3cccc(Cl)c3)nc2N1. The normalized spacial score (nSPS) is 15.1. The molecule has 4 aromatic rings. The molecule has 0 fully saturated rings. The molecule has 0 spiro atoms. The van der Waals surface area contributed by atoms with Gasteiger partial charge in [-0.15, -0.1) is 5.10 Å². The van der Waals surface area contributed by atoms with Gasteiger partial charge in [0.2, 0.25) is 5.95 Å². The van der Waals surface area contributed by atoms with E-state index in [2.05, 4.69) is 15.6 Å². The molecule has 1 aliphatic rings. The van der Waals surface area contributed by atoms with E-state index in [4.69, 9.17) is 28.3 Å². The van der Waals surface area contributed by atoms with Crippen molar-refractivity contribution in [3.8, 4) is 11.4 Å². The van der Waals surface area contributed by atoms with E-state index >= 15 is 0 Å². The van der Waals surface area contributed by atoms with Crippen LogP contribution in [0.25, 0.3) is 11.4 Å². The molecule has 8 heteroatoms. The van der Waals surface area contributed by atoms with Crippen LogP contribution in [0.15, 0.2) is 90.1 Å². The highest BCUT2D eigenvalue weighted by Crippen LogP contribution is 2.37. The third-order valence-corrected chi connectivity index (χ3v) is 5.88. The van der Waals surface area contributed by atoms with Crippen molar-refractivity contribution in [1.82, 2.24) is 14.8 Å². The van der Waals surface area contributed by atoms with Crippen molar-refractivity contribution < 1.29 is 4.79 Å². The third kappa shape index (κ3) is 4.23. The van der Waals surface area contributed by atoms with E-state index in [1.807, 2.05) is 67.6 Å². The van der Waals surface area contributed by atoms with Gasteiger partial charge in [0, 0.05) is 27.0 Å². The lowest BCUT2D eigenvalue weighted by Crippen LogP contribution is -2.31. The minimum absolute atomic E-state index is 0.225. The number of nitrogens with one attached hydrogen (secondary N) is 2. The van der Waals surface area contributed by atoms with Gasteiger partial charge in [-0.1, -0.05) is 65.7 Å². The number of amides is 1. The summed E-state index contributed by atoms with van der Waals surface area (Å²) < 4.78 is 1.73. The zero-order valence-electron chi connectivity index (χ0n) is 17.6. The number of fused-ring (bicyclic) bond motifs is 1. The molecule has 0 bridgehead atoms. The van der Waals surface area contributed by atoms with Gasteiger partial charge in [0.15, 0.2) is 5.82 Å². The zero-order chi connectivity index (χ0) is 22.9. The lowest BCUT2D eigenvalue weighted by Gasteiger charge is -2.28. The predicted octanol–water partition coefficient (Wildman–Crippen LogP) is 6.18. The number of allylic oxidation sites excluding steroid dienone is 1. The van der Waals surface area contributed by atoms with Crippen LogP contribution in [0.3, 0.4) is 0 Å². The Bertz CT molecular complexity index is 1360. The maximum absolute atomic E-state index is 13.4. The molecule has 0 saturated carbocycles. The van der Waals surface area contributed by atoms with Crippen LogP contribution in [-0.4, -0.2) is 20.7 Å². The van der Waals surface area contributed by atoms with Crippen molar-refractivity contribution in [2.24, 2.45) is 0 Å². The van der Waals surface area contributed by atoms with Crippen molar-refractivity contribution in [3.05, 3.63) is 106 Å². The molecule has 1 aliphatic heterocycles. The van der Waals surface area contributed by atoms with E-state index in [0.29, 0.717) is 38.8 Å². The summed E-state index contributed by atoms with van der Waals surface area (Å²) in [6, 6.07) is 23.6. The third-order valence-electron chi connectivity index (χ3n) is 5.40. The Hall–Kier alpha value is -3.61. The summed E-state index contributed by atoms with van der Waals surface area (Å²) in [7, 11) is 0. The first kappa shape index (κ1) is 21.2. The molecule has 3 aromatic carbocycles. The van der Waals surface area contributed by atoms with Crippen molar-refractivity contribution in [1.29, 1.82) is 0 Å². The summed E-state index contributed by atoms with van der Waals surface area (Å²) in [5, 5.41) is 12.2. The van der Waals surface area contributed by atoms with Gasteiger partial charge in [-0.25, -0.2) is 4.68 Å². The molecule has 1 atom stereocenters. The molecule has 0 radical (unpaired) electrons. The van der Waals surface area contributed by atoms with E-state index in [1.165, 1.54) is 0 Å². The monoisotopic (exact) mass is 475 g/mol. The van der Waals surface area contributed by atoms with Crippen LogP contribution >= 0.6 is 23.2 Å². The molecule has 1 amide bonds. The highest BCUT2D eigenvalue weighted by atomic mass is 35.5. The lowest BCUT2D eigenvalue weighted by molar-refractivity contribution is -0.113. The van der Waals surface area contributed by atoms with Crippen molar-refractivity contribution in [2.45, 2.75) is 13.0 Å². The fourth-order valence-corrected chi connectivity index (χ4v) is 4.18. The van der Waals surface area contributed by atoms with E-state index in [9.17, 15) is 4.79 Å². The number of benzene rings is 3. The van der Waals surface area contributed by atoms with Gasteiger partial charge >= 0.3 is 0 Å². The minimum atomic E-state index is -0.498. The Morgan fingerprint density at radius 3 is 2.45 bits per heavy atom. The van der Waals surface area contributed by atoms with Crippen molar-refractivity contribution >= 4 is 40.7 Å². The molecule has 0 aliphatic carbocycles. The Morgan fingerprint density at radius 2 is 1.73 bits per heavy atom. The minimum Gasteiger partial charge on any atom is -0.328 e. The molecular weight excluding hydrogens is 457 g/mol. The summed E-state index contributed by atoms with van der Waals surface area (Å²) >= 11 is 12.3. The number of carbonyl (C=O) groups is 1. The van der Waals surface area contributed by atoms with Gasteiger partial charge in [0.1, 0.15) is 6.04 Å². The average Bonchev–Trinajstić information content (AvgIpc) is 3.23. The van der Waals surface area contributed by atoms with Crippen LogP contribution in [0.2, 0.25) is 10.0 Å². The van der Waals surface area contributed by atoms with E-state index in [-0.39, 0.29) is 5.91 Å². The topological polar surface area (TPSA) is 71.8 Å². The van der Waals surface area contributed by atoms with Gasteiger partial charge in [0.25, 0.3) is 5.91 Å². The molecule has 0 saturated heterocycles. The quantitative estimate of drug-likeness (QED) is 0.369. The Labute approximate surface area is 200 Å². The molecule has 2 heterocycles. The second-order valence-corrected chi connectivity index (χ2v) is 8.52. The van der Waals surface area contributed by atoms with Crippen LogP contribution in [0, 0.1) is 0 Å². The number of hydrogen-bond donors (Lipinski definition) is 2. The molecule has 164 valence electrons. The van der Waals surface area contributed by atoms with Crippen LogP contribution in [0.1, 0.15) is 18.5 Å². The molecule has 5 rings (SSSR count). The Kier molecular flexibility index (Phi) is 5.62. The smallest absolute Gasteiger partial charge is 0.255 e. The van der Waals surface area contributed by atoms with E-state index in [1.54, 1.807) is 22.9 Å². The van der Waals surface area contributed by atoms with Crippen LogP contribution in [0.4, 0.5) is 11.6 Å².